The summed E-state index contributed by atoms with van der Waals surface area (Å²) in [7, 11) is 0. The predicted molar refractivity (Wildman–Crippen MR) is 58.2 cm³/mol. The maximum atomic E-state index is 11.8. The predicted octanol–water partition coefficient (Wildman–Crippen LogP) is 1.43. The fourth-order valence-electron chi connectivity index (χ4n) is 1.72. The Kier molecular flexibility index (Phi) is 3.93. The van der Waals surface area contributed by atoms with Gasteiger partial charge in [-0.15, -0.1) is 0 Å². The van der Waals surface area contributed by atoms with Gasteiger partial charge in [0.05, 0.1) is 6.04 Å². The third-order valence-electron chi connectivity index (χ3n) is 3.36. The van der Waals surface area contributed by atoms with Crippen molar-refractivity contribution in [1.82, 2.24) is 10.6 Å². The van der Waals surface area contributed by atoms with E-state index in [-0.39, 0.29) is 17.5 Å². The van der Waals surface area contributed by atoms with E-state index in [1.54, 1.807) is 0 Å². The quantitative estimate of drug-likeness (QED) is 0.717. The van der Waals surface area contributed by atoms with Gasteiger partial charge in [-0.2, -0.15) is 0 Å². The van der Waals surface area contributed by atoms with Gasteiger partial charge in [-0.1, -0.05) is 13.8 Å². The van der Waals surface area contributed by atoms with Crippen molar-refractivity contribution >= 4 is 5.91 Å². The zero-order chi connectivity index (χ0) is 10.6. The highest BCUT2D eigenvalue weighted by Crippen LogP contribution is 2.15. The van der Waals surface area contributed by atoms with Crippen LogP contribution in [0.15, 0.2) is 0 Å². The van der Waals surface area contributed by atoms with E-state index in [0.717, 1.165) is 32.2 Å². The molecule has 2 N–H and O–H groups in total. The average Bonchev–Trinajstić information content (AvgIpc) is 2.70. The second-order valence-electron chi connectivity index (χ2n) is 4.41. The SMILES string of the molecule is CCC(C)(CC)NC(=O)C1CCCN1. The molecule has 0 spiro atoms. The first-order valence-electron chi connectivity index (χ1n) is 5.66. The third kappa shape index (κ3) is 2.71. The van der Waals surface area contributed by atoms with Crippen molar-refractivity contribution in [1.29, 1.82) is 0 Å². The topological polar surface area (TPSA) is 41.1 Å². The van der Waals surface area contributed by atoms with Crippen molar-refractivity contribution < 1.29 is 4.79 Å². The Labute approximate surface area is 86.6 Å². The van der Waals surface area contributed by atoms with E-state index in [1.807, 2.05) is 0 Å². The summed E-state index contributed by atoms with van der Waals surface area (Å²) < 4.78 is 0. The molecule has 0 aliphatic carbocycles. The van der Waals surface area contributed by atoms with Crippen LogP contribution in [0.4, 0.5) is 0 Å². The minimum atomic E-state index is -0.0264. The first-order valence-corrected chi connectivity index (χ1v) is 5.66. The molecular formula is C11H22N2O. The molecule has 0 saturated carbocycles. The maximum absolute atomic E-state index is 11.8. The Morgan fingerprint density at radius 1 is 1.50 bits per heavy atom. The second kappa shape index (κ2) is 4.78. The molecule has 0 aromatic heterocycles. The molecule has 1 saturated heterocycles. The first-order chi connectivity index (χ1) is 6.61. The van der Waals surface area contributed by atoms with Crippen LogP contribution in [0.5, 0.6) is 0 Å². The summed E-state index contributed by atoms with van der Waals surface area (Å²) in [6, 6.07) is 0.0485. The van der Waals surface area contributed by atoms with Gasteiger partial charge in [-0.05, 0) is 39.2 Å². The molecular weight excluding hydrogens is 176 g/mol. The molecule has 0 radical (unpaired) electrons. The molecule has 3 nitrogen and oxygen atoms in total. The van der Waals surface area contributed by atoms with E-state index in [1.165, 1.54) is 0 Å². The lowest BCUT2D eigenvalue weighted by Gasteiger charge is -2.29. The molecule has 0 aromatic rings. The van der Waals surface area contributed by atoms with Crippen LogP contribution >= 0.6 is 0 Å². The number of amides is 1. The summed E-state index contributed by atoms with van der Waals surface area (Å²) in [6.45, 7) is 7.32. The van der Waals surface area contributed by atoms with Crippen LogP contribution in [-0.2, 0) is 4.79 Å². The fourth-order valence-corrected chi connectivity index (χ4v) is 1.72. The molecule has 1 aliphatic rings. The highest BCUT2D eigenvalue weighted by atomic mass is 16.2. The van der Waals surface area contributed by atoms with Crippen LogP contribution in [0.1, 0.15) is 46.5 Å². The van der Waals surface area contributed by atoms with Crippen molar-refractivity contribution in [2.75, 3.05) is 6.54 Å². The summed E-state index contributed by atoms with van der Waals surface area (Å²) in [5.41, 5.74) is -0.0264. The van der Waals surface area contributed by atoms with E-state index in [9.17, 15) is 4.79 Å². The van der Waals surface area contributed by atoms with Gasteiger partial charge < -0.3 is 10.6 Å². The number of hydrogen-bond donors (Lipinski definition) is 2. The van der Waals surface area contributed by atoms with Crippen molar-refractivity contribution in [3.8, 4) is 0 Å². The van der Waals surface area contributed by atoms with Gasteiger partial charge in [-0.25, -0.2) is 0 Å². The maximum Gasteiger partial charge on any atom is 0.237 e. The molecule has 0 bridgehead atoms. The van der Waals surface area contributed by atoms with E-state index in [0.29, 0.717) is 0 Å². The number of rotatable bonds is 4. The van der Waals surface area contributed by atoms with Gasteiger partial charge in [0.2, 0.25) is 5.91 Å². The highest BCUT2D eigenvalue weighted by Gasteiger charge is 2.28. The minimum Gasteiger partial charge on any atom is -0.350 e. The zero-order valence-electron chi connectivity index (χ0n) is 9.52. The number of carbonyl (C=O) groups is 1. The summed E-state index contributed by atoms with van der Waals surface area (Å²) >= 11 is 0. The molecule has 1 fully saturated rings. The molecule has 0 aromatic carbocycles. The summed E-state index contributed by atoms with van der Waals surface area (Å²) in [5.74, 6) is 0.175. The highest BCUT2D eigenvalue weighted by molar-refractivity contribution is 5.82. The van der Waals surface area contributed by atoms with E-state index in [2.05, 4.69) is 31.4 Å². The van der Waals surface area contributed by atoms with E-state index < -0.39 is 0 Å². The number of nitrogens with one attached hydrogen (secondary N) is 2. The number of carbonyl (C=O) groups excluding carboxylic acids is 1. The molecule has 1 aliphatic heterocycles. The Hall–Kier alpha value is -0.570. The van der Waals surface area contributed by atoms with Crippen molar-refractivity contribution in [2.45, 2.75) is 58.0 Å². The summed E-state index contributed by atoms with van der Waals surface area (Å²) in [5, 5.41) is 6.35. The monoisotopic (exact) mass is 198 g/mol. The van der Waals surface area contributed by atoms with Crippen LogP contribution in [0, 0.1) is 0 Å². The first kappa shape index (κ1) is 11.5. The lowest BCUT2D eigenvalue weighted by atomic mass is 9.95. The lowest BCUT2D eigenvalue weighted by Crippen LogP contribution is -2.51. The Bertz CT molecular complexity index is 193. The average molecular weight is 198 g/mol. The molecule has 1 rings (SSSR count). The van der Waals surface area contributed by atoms with Gasteiger partial charge in [0, 0.05) is 5.54 Å². The largest absolute Gasteiger partial charge is 0.350 e. The van der Waals surface area contributed by atoms with E-state index in [4.69, 9.17) is 0 Å². The Morgan fingerprint density at radius 3 is 2.57 bits per heavy atom. The van der Waals surface area contributed by atoms with Gasteiger partial charge in [0.25, 0.3) is 0 Å². The smallest absolute Gasteiger partial charge is 0.237 e. The molecule has 1 atom stereocenters. The van der Waals surface area contributed by atoms with Crippen LogP contribution < -0.4 is 10.6 Å². The molecule has 1 amide bonds. The normalized spacial score (nSPS) is 22.4. The molecule has 82 valence electrons. The van der Waals surface area contributed by atoms with Gasteiger partial charge in [-0.3, -0.25) is 4.79 Å². The molecule has 1 heterocycles. The Balaban J connectivity index is 2.45. The summed E-state index contributed by atoms with van der Waals surface area (Å²) in [6.07, 6.45) is 4.08. The van der Waals surface area contributed by atoms with Crippen LogP contribution in [0.2, 0.25) is 0 Å². The fraction of sp³-hybridized carbons (Fsp3) is 0.909. The standard InChI is InChI=1S/C11H22N2O/c1-4-11(3,5-2)13-10(14)9-7-6-8-12-9/h9,12H,4-8H2,1-3H3,(H,13,14). The van der Waals surface area contributed by atoms with Crippen molar-refractivity contribution in [2.24, 2.45) is 0 Å². The van der Waals surface area contributed by atoms with Crippen LogP contribution in [0.3, 0.4) is 0 Å². The van der Waals surface area contributed by atoms with Crippen molar-refractivity contribution in [3.05, 3.63) is 0 Å². The molecule has 1 unspecified atom stereocenters. The molecule has 14 heavy (non-hydrogen) atoms. The van der Waals surface area contributed by atoms with Crippen molar-refractivity contribution in [3.63, 3.8) is 0 Å². The van der Waals surface area contributed by atoms with Crippen LogP contribution in [0.25, 0.3) is 0 Å². The molecule has 3 heteroatoms. The lowest BCUT2D eigenvalue weighted by molar-refractivity contribution is -0.124. The van der Waals surface area contributed by atoms with E-state index >= 15 is 0 Å². The second-order valence-corrected chi connectivity index (χ2v) is 4.41. The van der Waals surface area contributed by atoms with Gasteiger partial charge >= 0.3 is 0 Å². The zero-order valence-corrected chi connectivity index (χ0v) is 9.52. The third-order valence-corrected chi connectivity index (χ3v) is 3.36. The minimum absolute atomic E-state index is 0.0264. The van der Waals surface area contributed by atoms with Crippen LogP contribution in [-0.4, -0.2) is 24.0 Å². The summed E-state index contributed by atoms with van der Waals surface area (Å²) in [4.78, 5) is 11.8. The Morgan fingerprint density at radius 2 is 2.14 bits per heavy atom. The van der Waals surface area contributed by atoms with Gasteiger partial charge in [0.1, 0.15) is 0 Å². The van der Waals surface area contributed by atoms with Gasteiger partial charge in [0.15, 0.2) is 0 Å². The number of hydrogen-bond acceptors (Lipinski definition) is 2.